The average Bonchev–Trinajstić information content (AvgIpc) is 2.23. The number of Topliss-reactive ketones (excluding diaryl/α,β-unsaturated/α-hetero) is 1. The van der Waals surface area contributed by atoms with Crippen LogP contribution in [0.25, 0.3) is 0 Å². The molecule has 0 spiro atoms. The molecule has 0 fully saturated rings. The highest BCUT2D eigenvalue weighted by atomic mass is 19.1. The number of esters is 1. The summed E-state index contributed by atoms with van der Waals surface area (Å²) in [6.07, 6.45) is 0. The van der Waals surface area contributed by atoms with Gasteiger partial charge in [0.2, 0.25) is 0 Å². The van der Waals surface area contributed by atoms with E-state index < -0.39 is 34.7 Å². The quantitative estimate of drug-likeness (QED) is 0.484. The standard InChI is InChI=1S/C10H8F2O4/c1-2-16-10(15)9(14)5-3-8(13)7(12)4-6(5)11/h3-4,13H,2H2,1H3. The van der Waals surface area contributed by atoms with Crippen molar-refractivity contribution >= 4 is 11.8 Å². The van der Waals surface area contributed by atoms with Crippen LogP contribution >= 0.6 is 0 Å². The predicted octanol–water partition coefficient (Wildman–Crippen LogP) is 1.42. The molecule has 0 amide bonds. The molecule has 6 heteroatoms. The zero-order chi connectivity index (χ0) is 12.3. The van der Waals surface area contributed by atoms with Gasteiger partial charge in [-0.3, -0.25) is 4.79 Å². The van der Waals surface area contributed by atoms with Gasteiger partial charge >= 0.3 is 5.97 Å². The van der Waals surface area contributed by atoms with Crippen molar-refractivity contribution in [2.45, 2.75) is 6.92 Å². The number of phenolic OH excluding ortho intramolecular Hbond substituents is 1. The molecule has 0 heterocycles. The molecule has 1 aromatic rings. The number of phenols is 1. The van der Waals surface area contributed by atoms with Crippen LogP contribution in [0.1, 0.15) is 17.3 Å². The maximum atomic E-state index is 13.1. The summed E-state index contributed by atoms with van der Waals surface area (Å²) in [5.41, 5.74) is -0.725. The van der Waals surface area contributed by atoms with Gasteiger partial charge in [0.05, 0.1) is 12.2 Å². The van der Waals surface area contributed by atoms with E-state index >= 15 is 0 Å². The maximum Gasteiger partial charge on any atom is 0.379 e. The Balaban J connectivity index is 3.09. The molecule has 86 valence electrons. The van der Waals surface area contributed by atoms with Gasteiger partial charge in [-0.05, 0) is 13.0 Å². The van der Waals surface area contributed by atoms with Crippen molar-refractivity contribution in [2.75, 3.05) is 6.61 Å². The van der Waals surface area contributed by atoms with E-state index in [4.69, 9.17) is 5.11 Å². The number of aromatic hydroxyl groups is 1. The zero-order valence-corrected chi connectivity index (χ0v) is 8.29. The number of benzene rings is 1. The molecule has 16 heavy (non-hydrogen) atoms. The van der Waals surface area contributed by atoms with E-state index in [1.165, 1.54) is 6.92 Å². The van der Waals surface area contributed by atoms with E-state index in [-0.39, 0.29) is 6.61 Å². The monoisotopic (exact) mass is 230 g/mol. The Bertz CT molecular complexity index is 443. The summed E-state index contributed by atoms with van der Waals surface area (Å²) < 4.78 is 30.1. The summed E-state index contributed by atoms with van der Waals surface area (Å²) in [5.74, 6) is -5.87. The number of rotatable bonds is 3. The third-order valence-electron chi connectivity index (χ3n) is 1.74. The first-order valence-corrected chi connectivity index (χ1v) is 4.36. The molecule has 0 aliphatic carbocycles. The summed E-state index contributed by atoms with van der Waals surface area (Å²) in [6.45, 7) is 1.43. The van der Waals surface area contributed by atoms with Crippen LogP contribution in [-0.2, 0) is 9.53 Å². The molecule has 1 rings (SSSR count). The van der Waals surface area contributed by atoms with E-state index in [2.05, 4.69) is 4.74 Å². The Kier molecular flexibility index (Phi) is 3.55. The van der Waals surface area contributed by atoms with Crippen LogP contribution in [0, 0.1) is 11.6 Å². The second-order valence-electron chi connectivity index (χ2n) is 2.83. The molecular formula is C10H8F2O4. The highest BCUT2D eigenvalue weighted by Gasteiger charge is 2.23. The lowest BCUT2D eigenvalue weighted by atomic mass is 10.1. The molecule has 0 radical (unpaired) electrons. The topological polar surface area (TPSA) is 63.6 Å². The van der Waals surface area contributed by atoms with Crippen molar-refractivity contribution in [3.05, 3.63) is 29.3 Å². The van der Waals surface area contributed by atoms with Crippen LogP contribution in [0.3, 0.4) is 0 Å². The minimum atomic E-state index is -1.27. The highest BCUT2D eigenvalue weighted by molar-refractivity contribution is 6.40. The minimum absolute atomic E-state index is 0.0423. The van der Waals surface area contributed by atoms with Crippen LogP contribution in [0.15, 0.2) is 12.1 Å². The van der Waals surface area contributed by atoms with E-state index in [1.807, 2.05) is 0 Å². The molecule has 0 bridgehead atoms. The normalized spacial score (nSPS) is 9.94. The van der Waals surface area contributed by atoms with Gasteiger partial charge in [-0.2, -0.15) is 0 Å². The summed E-state index contributed by atoms with van der Waals surface area (Å²) in [4.78, 5) is 22.2. The van der Waals surface area contributed by atoms with E-state index in [9.17, 15) is 18.4 Å². The first-order chi connectivity index (χ1) is 7.47. The van der Waals surface area contributed by atoms with Crippen molar-refractivity contribution < 1.29 is 28.2 Å². The first kappa shape index (κ1) is 12.1. The van der Waals surface area contributed by atoms with Gasteiger partial charge in [-0.1, -0.05) is 0 Å². The van der Waals surface area contributed by atoms with Crippen LogP contribution in [0.4, 0.5) is 8.78 Å². The smallest absolute Gasteiger partial charge is 0.379 e. The fourth-order valence-electron chi connectivity index (χ4n) is 1.02. The summed E-state index contributed by atoms with van der Waals surface area (Å²) in [7, 11) is 0. The number of hydrogen-bond acceptors (Lipinski definition) is 4. The lowest BCUT2D eigenvalue weighted by Crippen LogP contribution is -2.18. The van der Waals surface area contributed by atoms with E-state index in [1.54, 1.807) is 0 Å². The number of ketones is 1. The molecule has 1 N–H and O–H groups in total. The van der Waals surface area contributed by atoms with Crippen LogP contribution in [-0.4, -0.2) is 23.5 Å². The van der Waals surface area contributed by atoms with E-state index in [0.717, 1.165) is 0 Å². The Morgan fingerprint density at radius 1 is 1.31 bits per heavy atom. The summed E-state index contributed by atoms with van der Waals surface area (Å²) in [5, 5.41) is 8.94. The fourth-order valence-corrected chi connectivity index (χ4v) is 1.02. The molecule has 1 aromatic carbocycles. The Hall–Kier alpha value is -1.98. The molecule has 0 aromatic heterocycles. The van der Waals surface area contributed by atoms with Gasteiger partial charge in [0.25, 0.3) is 5.78 Å². The molecule has 0 saturated carbocycles. The Morgan fingerprint density at radius 2 is 1.94 bits per heavy atom. The van der Waals surface area contributed by atoms with Crippen LogP contribution in [0.5, 0.6) is 5.75 Å². The molecule has 0 atom stereocenters. The number of hydrogen-bond donors (Lipinski definition) is 1. The maximum absolute atomic E-state index is 13.1. The van der Waals surface area contributed by atoms with Gasteiger partial charge in [-0.15, -0.1) is 0 Å². The van der Waals surface area contributed by atoms with Crippen molar-refractivity contribution in [1.82, 2.24) is 0 Å². The Labute approximate surface area is 89.5 Å². The first-order valence-electron chi connectivity index (χ1n) is 4.36. The second kappa shape index (κ2) is 4.69. The van der Waals surface area contributed by atoms with Crippen LogP contribution in [0.2, 0.25) is 0 Å². The predicted molar refractivity (Wildman–Crippen MR) is 49.0 cm³/mol. The Morgan fingerprint density at radius 3 is 2.50 bits per heavy atom. The van der Waals surface area contributed by atoms with Gasteiger partial charge < -0.3 is 9.84 Å². The van der Waals surface area contributed by atoms with Crippen molar-refractivity contribution in [2.24, 2.45) is 0 Å². The largest absolute Gasteiger partial charge is 0.505 e. The third-order valence-corrected chi connectivity index (χ3v) is 1.74. The minimum Gasteiger partial charge on any atom is -0.505 e. The highest BCUT2D eigenvalue weighted by Crippen LogP contribution is 2.20. The molecular weight excluding hydrogens is 222 g/mol. The summed E-state index contributed by atoms with van der Waals surface area (Å²) in [6, 6.07) is 0.867. The average molecular weight is 230 g/mol. The third kappa shape index (κ3) is 2.33. The SMILES string of the molecule is CCOC(=O)C(=O)c1cc(O)c(F)cc1F. The van der Waals surface area contributed by atoms with Gasteiger partial charge in [0.1, 0.15) is 5.82 Å². The lowest BCUT2D eigenvalue weighted by Gasteiger charge is -2.03. The van der Waals surface area contributed by atoms with Crippen LogP contribution < -0.4 is 0 Å². The molecule has 4 nitrogen and oxygen atoms in total. The van der Waals surface area contributed by atoms with Gasteiger partial charge in [0.15, 0.2) is 11.6 Å². The van der Waals surface area contributed by atoms with E-state index in [0.29, 0.717) is 12.1 Å². The number of carbonyl (C=O) groups is 2. The number of halogens is 2. The molecule has 0 aliphatic rings. The lowest BCUT2D eigenvalue weighted by molar-refractivity contribution is -0.137. The number of ether oxygens (including phenoxy) is 1. The van der Waals surface area contributed by atoms with Crippen molar-refractivity contribution in [3.63, 3.8) is 0 Å². The van der Waals surface area contributed by atoms with Crippen molar-refractivity contribution in [3.8, 4) is 5.75 Å². The van der Waals surface area contributed by atoms with Crippen molar-refractivity contribution in [1.29, 1.82) is 0 Å². The summed E-state index contributed by atoms with van der Waals surface area (Å²) >= 11 is 0. The zero-order valence-electron chi connectivity index (χ0n) is 8.29. The fraction of sp³-hybridized carbons (Fsp3) is 0.200. The molecule has 0 aliphatic heterocycles. The molecule has 0 unspecified atom stereocenters. The van der Waals surface area contributed by atoms with Gasteiger partial charge in [0, 0.05) is 6.07 Å². The number of carbonyl (C=O) groups excluding carboxylic acids is 2. The molecule has 0 saturated heterocycles. The van der Waals surface area contributed by atoms with Gasteiger partial charge in [-0.25, -0.2) is 13.6 Å². The second-order valence-corrected chi connectivity index (χ2v) is 2.83.